The molecule has 1 unspecified atom stereocenters. The Labute approximate surface area is 179 Å². The topological polar surface area (TPSA) is 61.2 Å². The van der Waals surface area contributed by atoms with Gasteiger partial charge in [0.25, 0.3) is 0 Å². The molecule has 6 heteroatoms. The first kappa shape index (κ1) is 23.2. The lowest BCUT2D eigenvalue weighted by molar-refractivity contribution is 0.112. The highest BCUT2D eigenvalue weighted by atomic mass is 32.2. The maximum Gasteiger partial charge on any atom is 0.154 e. The van der Waals surface area contributed by atoms with Gasteiger partial charge in [-0.25, -0.2) is 13.2 Å². The van der Waals surface area contributed by atoms with E-state index in [1.165, 1.54) is 0 Å². The molecule has 156 valence electrons. The highest BCUT2D eigenvalue weighted by Gasteiger charge is 2.17. The summed E-state index contributed by atoms with van der Waals surface area (Å²) in [4.78, 5) is 16.0. The third-order valence-corrected chi connectivity index (χ3v) is 5.32. The van der Waals surface area contributed by atoms with Gasteiger partial charge in [0.15, 0.2) is 16.8 Å². The van der Waals surface area contributed by atoms with Gasteiger partial charge in [-0.15, -0.1) is 0 Å². The van der Waals surface area contributed by atoms with E-state index in [2.05, 4.69) is 11.3 Å². The Morgan fingerprint density at radius 1 is 1.13 bits per heavy atom. The van der Waals surface area contributed by atoms with E-state index >= 15 is 0 Å². The first-order valence-electron chi connectivity index (χ1n) is 9.35. The summed E-state index contributed by atoms with van der Waals surface area (Å²) >= 11 is 0. The Hall–Kier alpha value is -3.09. The quantitative estimate of drug-likeness (QED) is 0.592. The molecule has 0 N–H and O–H groups in total. The van der Waals surface area contributed by atoms with E-state index in [-0.39, 0.29) is 0 Å². The second kappa shape index (κ2) is 11.2. The fourth-order valence-corrected chi connectivity index (χ4v) is 3.91. The van der Waals surface area contributed by atoms with Gasteiger partial charge in [-0.05, 0) is 42.5 Å². The number of benzene rings is 2. The van der Waals surface area contributed by atoms with Crippen LogP contribution in [-0.4, -0.2) is 33.7 Å². The number of allylic oxidation sites excluding steroid dienone is 3. The van der Waals surface area contributed by atoms with Gasteiger partial charge in [-0.1, -0.05) is 49.1 Å². The highest BCUT2D eigenvalue weighted by Crippen LogP contribution is 2.23. The van der Waals surface area contributed by atoms with Crippen molar-refractivity contribution in [1.82, 2.24) is 8.96 Å². The number of rotatable bonds is 5. The molecular formula is C24H26N2O3S. The molecule has 30 heavy (non-hydrogen) atoms. The van der Waals surface area contributed by atoms with E-state index in [1.54, 1.807) is 47.9 Å². The van der Waals surface area contributed by atoms with Crippen molar-refractivity contribution >= 4 is 40.5 Å². The van der Waals surface area contributed by atoms with E-state index in [0.29, 0.717) is 22.4 Å². The molecular weight excluding hydrogens is 396 g/mol. The molecule has 0 aliphatic heterocycles. The zero-order valence-corrected chi connectivity index (χ0v) is 18.5. The van der Waals surface area contributed by atoms with Gasteiger partial charge in [-0.2, -0.15) is 0 Å². The van der Waals surface area contributed by atoms with E-state index < -0.39 is 11.0 Å². The first-order valence-corrected chi connectivity index (χ1v) is 10.5. The molecule has 3 aromatic rings. The van der Waals surface area contributed by atoms with E-state index in [0.717, 1.165) is 22.3 Å². The van der Waals surface area contributed by atoms with Crippen molar-refractivity contribution in [2.45, 2.75) is 13.8 Å². The third kappa shape index (κ3) is 5.09. The predicted molar refractivity (Wildman–Crippen MR) is 125 cm³/mol. The summed E-state index contributed by atoms with van der Waals surface area (Å²) in [6.45, 7) is 7.85. The van der Waals surface area contributed by atoms with E-state index in [4.69, 9.17) is 4.98 Å². The second-order valence-corrected chi connectivity index (χ2v) is 7.51. The minimum absolute atomic E-state index is 0.512. The van der Waals surface area contributed by atoms with Crippen LogP contribution in [0.2, 0.25) is 0 Å². The van der Waals surface area contributed by atoms with Crippen LogP contribution in [0.3, 0.4) is 0 Å². The lowest BCUT2D eigenvalue weighted by Crippen LogP contribution is -2.26. The molecule has 0 radical (unpaired) electrons. The van der Waals surface area contributed by atoms with Crippen LogP contribution in [-0.2, 0) is 15.7 Å². The molecule has 0 saturated heterocycles. The molecule has 0 amide bonds. The summed E-state index contributed by atoms with van der Waals surface area (Å²) in [6, 6.07) is 13.0. The average molecular weight is 423 g/mol. The van der Waals surface area contributed by atoms with Crippen LogP contribution in [0.25, 0.3) is 23.2 Å². The van der Waals surface area contributed by atoms with Gasteiger partial charge < -0.3 is 4.74 Å². The maximum absolute atomic E-state index is 13.0. The van der Waals surface area contributed by atoms with E-state index in [9.17, 15) is 9.00 Å². The summed E-state index contributed by atoms with van der Waals surface area (Å²) in [5.41, 5.74) is 2.66. The van der Waals surface area contributed by atoms with Crippen molar-refractivity contribution in [2.75, 3.05) is 14.2 Å². The summed E-state index contributed by atoms with van der Waals surface area (Å²) in [5, 5.41) is 3.37. The van der Waals surface area contributed by atoms with Crippen molar-refractivity contribution in [1.29, 1.82) is 0 Å². The van der Waals surface area contributed by atoms with Crippen molar-refractivity contribution in [3.8, 4) is 0 Å². The van der Waals surface area contributed by atoms with Gasteiger partial charge in [0.1, 0.15) is 6.29 Å². The summed E-state index contributed by atoms with van der Waals surface area (Å²) in [6.07, 6.45) is 6.37. The molecule has 0 saturated carbocycles. The predicted octanol–water partition coefficient (Wildman–Crippen LogP) is 3.34. The fraction of sp³-hybridized carbons (Fsp3) is 0.167. The van der Waals surface area contributed by atoms with Crippen molar-refractivity contribution < 1.29 is 13.7 Å². The largest absolute Gasteiger partial charge is 0.388 e. The lowest BCUT2D eigenvalue weighted by atomic mass is 10.1. The van der Waals surface area contributed by atoms with E-state index in [1.807, 2.05) is 50.3 Å². The zero-order valence-electron chi connectivity index (χ0n) is 17.7. The fourth-order valence-electron chi connectivity index (χ4n) is 2.91. The SMILES string of the molecule is C=c1cccc/c1=C(/C=C\C)c1nc2ccc(C=O)cc2n1S(=O)/C=C/C.COC. The Morgan fingerprint density at radius 2 is 1.83 bits per heavy atom. The van der Waals surface area contributed by atoms with Crippen LogP contribution < -0.4 is 10.4 Å². The average Bonchev–Trinajstić information content (AvgIpc) is 3.11. The van der Waals surface area contributed by atoms with Crippen LogP contribution in [0.5, 0.6) is 0 Å². The number of aldehydes is 1. The number of fused-ring (bicyclic) bond motifs is 1. The molecule has 0 spiro atoms. The number of methoxy groups -OCH3 is 1. The molecule has 0 fully saturated rings. The third-order valence-electron chi connectivity index (χ3n) is 4.09. The lowest BCUT2D eigenvalue weighted by Gasteiger charge is -2.07. The number of nitrogens with zero attached hydrogens (tertiary/aromatic N) is 2. The standard InChI is InChI=1S/C22H20N2O2S.C2H6O/c1-4-8-19(18-10-7-6-9-16(18)3)22-23-20-12-11-17(15-25)14-21(20)24(22)27(26)13-5-2;1-3-2/h4-15H,3H2,1-2H3;1-2H3/b8-4-,13-5+,19-18+;. The minimum atomic E-state index is -1.47. The van der Waals surface area contributed by atoms with Crippen molar-refractivity contribution in [2.24, 2.45) is 0 Å². The van der Waals surface area contributed by atoms with Crippen LogP contribution in [0.4, 0.5) is 0 Å². The second-order valence-electron chi connectivity index (χ2n) is 6.32. The van der Waals surface area contributed by atoms with Crippen LogP contribution in [0, 0.1) is 0 Å². The normalized spacial score (nSPS) is 13.3. The number of carbonyl (C=O) groups excluding carboxylic acids is 1. The molecule has 1 atom stereocenters. The van der Waals surface area contributed by atoms with Crippen LogP contribution in [0.1, 0.15) is 30.0 Å². The number of hydrogen-bond donors (Lipinski definition) is 0. The molecule has 0 aliphatic rings. The Bertz CT molecular complexity index is 1220. The number of imidazole rings is 1. The Morgan fingerprint density at radius 3 is 2.43 bits per heavy atom. The van der Waals surface area contributed by atoms with Crippen LogP contribution in [0.15, 0.2) is 66.1 Å². The zero-order chi connectivity index (χ0) is 22.1. The Kier molecular flexibility index (Phi) is 8.65. The summed E-state index contributed by atoms with van der Waals surface area (Å²) < 4.78 is 18.9. The summed E-state index contributed by atoms with van der Waals surface area (Å²) in [5.74, 6) is 0.568. The van der Waals surface area contributed by atoms with Gasteiger partial charge in [0, 0.05) is 30.8 Å². The molecule has 5 nitrogen and oxygen atoms in total. The van der Waals surface area contributed by atoms with Gasteiger partial charge in [-0.3, -0.25) is 4.79 Å². The molecule has 3 rings (SSSR count). The van der Waals surface area contributed by atoms with Crippen molar-refractivity contribution in [3.63, 3.8) is 0 Å². The molecule has 2 aromatic carbocycles. The van der Waals surface area contributed by atoms with Gasteiger partial charge in [0.05, 0.1) is 11.0 Å². The molecule has 0 aliphatic carbocycles. The monoisotopic (exact) mass is 422 g/mol. The highest BCUT2D eigenvalue weighted by molar-refractivity contribution is 7.86. The van der Waals surface area contributed by atoms with Gasteiger partial charge >= 0.3 is 0 Å². The molecule has 0 bridgehead atoms. The maximum atomic E-state index is 13.0. The smallest absolute Gasteiger partial charge is 0.154 e. The number of aromatic nitrogens is 2. The number of carbonyl (C=O) groups is 1. The van der Waals surface area contributed by atoms with Gasteiger partial charge in [0.2, 0.25) is 0 Å². The molecule has 1 heterocycles. The molecule has 1 aromatic heterocycles. The minimum Gasteiger partial charge on any atom is -0.388 e. The van der Waals surface area contributed by atoms with Crippen LogP contribution >= 0.6 is 0 Å². The number of ether oxygens (including phenoxy) is 1. The number of hydrogen-bond acceptors (Lipinski definition) is 4. The Balaban J connectivity index is 0.00000101. The summed E-state index contributed by atoms with van der Waals surface area (Å²) in [7, 11) is 1.78. The van der Waals surface area contributed by atoms with Crippen molar-refractivity contribution in [3.05, 3.63) is 87.9 Å². The first-order chi connectivity index (χ1) is 14.5.